The highest BCUT2D eigenvalue weighted by Gasteiger charge is 2.42. The van der Waals surface area contributed by atoms with Gasteiger partial charge in [0, 0.05) is 47.8 Å². The van der Waals surface area contributed by atoms with Gasteiger partial charge in [0.05, 0.1) is 11.7 Å². The Bertz CT molecular complexity index is 1230. The van der Waals surface area contributed by atoms with E-state index >= 15 is 0 Å². The number of likely N-dealkylation sites (tertiary alicyclic amines) is 1. The van der Waals surface area contributed by atoms with E-state index in [9.17, 15) is 9.59 Å². The van der Waals surface area contributed by atoms with E-state index < -0.39 is 0 Å². The molecule has 0 bridgehead atoms. The van der Waals surface area contributed by atoms with Gasteiger partial charge in [-0.1, -0.05) is 36.8 Å². The van der Waals surface area contributed by atoms with Crippen LogP contribution in [0.2, 0.25) is 0 Å². The molecule has 7 heteroatoms. The number of carbonyl (C=O) groups is 2. The van der Waals surface area contributed by atoms with Crippen LogP contribution in [0.3, 0.4) is 0 Å². The number of anilines is 1. The average Bonchev–Trinajstić information content (AvgIpc) is 3.39. The highest BCUT2D eigenvalue weighted by molar-refractivity contribution is 6.24. The zero-order valence-electron chi connectivity index (χ0n) is 18.3. The first-order chi connectivity index (χ1) is 15.5. The minimum Gasteiger partial charge on any atom is -0.342 e. The van der Waals surface area contributed by atoms with E-state index in [1.54, 1.807) is 0 Å². The zero-order chi connectivity index (χ0) is 21.9. The summed E-state index contributed by atoms with van der Waals surface area (Å²) in [6.45, 7) is 3.70. The highest BCUT2D eigenvalue weighted by Crippen LogP contribution is 2.42. The molecule has 32 heavy (non-hydrogen) atoms. The molecule has 2 amide bonds. The molecule has 0 radical (unpaired) electrons. The van der Waals surface area contributed by atoms with Gasteiger partial charge >= 0.3 is 0 Å². The Labute approximate surface area is 186 Å². The third-order valence-electron chi connectivity index (χ3n) is 7.65. The molecule has 164 valence electrons. The second-order valence-electron chi connectivity index (χ2n) is 9.76. The number of rotatable bonds is 4. The third kappa shape index (κ3) is 3.02. The molecule has 7 nitrogen and oxygen atoms in total. The predicted octanol–water partition coefficient (Wildman–Crippen LogP) is 3.94. The lowest BCUT2D eigenvalue weighted by molar-refractivity contribution is -0.147. The third-order valence-corrected chi connectivity index (χ3v) is 7.65. The first kappa shape index (κ1) is 19.5. The fourth-order valence-electron chi connectivity index (χ4n) is 5.51. The summed E-state index contributed by atoms with van der Waals surface area (Å²) in [7, 11) is 0. The number of piperidine rings is 1. The van der Waals surface area contributed by atoms with Crippen LogP contribution in [0.25, 0.3) is 10.8 Å². The molecule has 1 aliphatic carbocycles. The molecule has 3 aromatic rings. The number of aromatic nitrogens is 3. The van der Waals surface area contributed by atoms with Crippen molar-refractivity contribution in [2.75, 3.05) is 18.4 Å². The van der Waals surface area contributed by atoms with Crippen molar-refractivity contribution in [1.29, 1.82) is 0 Å². The minimum absolute atomic E-state index is 0.0372. The number of hydrogen-bond acceptors (Lipinski definition) is 4. The van der Waals surface area contributed by atoms with E-state index in [4.69, 9.17) is 0 Å². The number of benzene rings is 2. The van der Waals surface area contributed by atoms with Crippen LogP contribution in [-0.2, 0) is 11.2 Å². The van der Waals surface area contributed by atoms with Gasteiger partial charge in [-0.2, -0.15) is 0 Å². The summed E-state index contributed by atoms with van der Waals surface area (Å²) in [5, 5.41) is 13.9. The van der Waals surface area contributed by atoms with Crippen molar-refractivity contribution in [3.05, 3.63) is 53.3 Å². The molecular formula is C25H27N5O2. The second-order valence-corrected chi connectivity index (χ2v) is 9.76. The van der Waals surface area contributed by atoms with Crippen molar-refractivity contribution in [3.63, 3.8) is 0 Å². The van der Waals surface area contributed by atoms with Gasteiger partial charge in [0.15, 0.2) is 0 Å². The van der Waals surface area contributed by atoms with Crippen LogP contribution >= 0.6 is 0 Å². The summed E-state index contributed by atoms with van der Waals surface area (Å²) in [5.74, 6) is 0.298. The molecular weight excluding hydrogens is 402 g/mol. The Balaban J connectivity index is 1.16. The molecule has 6 rings (SSSR count). The lowest BCUT2D eigenvalue weighted by Gasteiger charge is -2.43. The van der Waals surface area contributed by atoms with Crippen LogP contribution in [0.4, 0.5) is 5.69 Å². The number of nitrogens with one attached hydrogen (secondary N) is 1. The molecule has 2 aliphatic heterocycles. The van der Waals surface area contributed by atoms with Crippen molar-refractivity contribution in [3.8, 4) is 0 Å². The Morgan fingerprint density at radius 2 is 2.00 bits per heavy atom. The summed E-state index contributed by atoms with van der Waals surface area (Å²) in [4.78, 5) is 27.0. The number of amides is 2. The van der Waals surface area contributed by atoms with Gasteiger partial charge in [0.1, 0.15) is 0 Å². The van der Waals surface area contributed by atoms with Gasteiger partial charge in [0.25, 0.3) is 5.91 Å². The largest absolute Gasteiger partial charge is 0.342 e. The number of nitrogens with zero attached hydrogens (tertiary/aromatic N) is 4. The van der Waals surface area contributed by atoms with Crippen molar-refractivity contribution in [2.24, 2.45) is 5.41 Å². The van der Waals surface area contributed by atoms with E-state index in [-0.39, 0.29) is 17.4 Å². The van der Waals surface area contributed by atoms with Crippen LogP contribution in [-0.4, -0.2) is 44.8 Å². The molecule has 0 spiro atoms. The van der Waals surface area contributed by atoms with Crippen LogP contribution in [0.5, 0.6) is 0 Å². The highest BCUT2D eigenvalue weighted by atomic mass is 16.2. The van der Waals surface area contributed by atoms with E-state index in [1.807, 2.05) is 29.1 Å². The molecule has 0 unspecified atom stereocenters. The molecule has 1 N–H and O–H groups in total. The normalized spacial score (nSPS) is 19.8. The van der Waals surface area contributed by atoms with Gasteiger partial charge in [-0.25, -0.2) is 4.68 Å². The lowest BCUT2D eigenvalue weighted by atomic mass is 9.69. The summed E-state index contributed by atoms with van der Waals surface area (Å²) in [6.07, 6.45) is 7.77. The quantitative estimate of drug-likeness (QED) is 0.681. The fourth-order valence-corrected chi connectivity index (χ4v) is 5.51. The smallest absolute Gasteiger partial charge is 0.256 e. The van der Waals surface area contributed by atoms with Crippen molar-refractivity contribution in [2.45, 2.75) is 51.5 Å². The van der Waals surface area contributed by atoms with Gasteiger partial charge in [-0.3, -0.25) is 9.59 Å². The van der Waals surface area contributed by atoms with Crippen LogP contribution in [0.1, 0.15) is 66.7 Å². The standard InChI is InChI=1S/C25H27N5O2/c1-25(10-3-11-25)24(32)29-12-8-18(9-13-29)30-15-17(27-28-30)14-16-6-7-21-22-19(16)4-2-5-20(22)23(31)26-21/h2,4-7,15,18H,3,8-14H2,1H3,(H,26,31). The molecule has 3 heterocycles. The summed E-state index contributed by atoms with van der Waals surface area (Å²) < 4.78 is 1.98. The summed E-state index contributed by atoms with van der Waals surface area (Å²) in [5.41, 5.74) is 3.56. The molecule has 2 fully saturated rings. The molecule has 2 aromatic carbocycles. The Hall–Kier alpha value is -3.22. The lowest BCUT2D eigenvalue weighted by Crippen LogP contribution is -2.49. The fraction of sp³-hybridized carbons (Fsp3) is 0.440. The van der Waals surface area contributed by atoms with E-state index in [0.29, 0.717) is 12.3 Å². The molecule has 1 saturated carbocycles. The van der Waals surface area contributed by atoms with Crippen molar-refractivity contribution >= 4 is 28.3 Å². The Morgan fingerprint density at radius 1 is 1.19 bits per heavy atom. The van der Waals surface area contributed by atoms with Crippen LogP contribution < -0.4 is 5.32 Å². The van der Waals surface area contributed by atoms with E-state index in [1.165, 1.54) is 6.42 Å². The first-order valence-electron chi connectivity index (χ1n) is 11.6. The predicted molar refractivity (Wildman–Crippen MR) is 122 cm³/mol. The minimum atomic E-state index is -0.118. The zero-order valence-corrected chi connectivity index (χ0v) is 18.3. The Morgan fingerprint density at radius 3 is 2.75 bits per heavy atom. The number of carbonyl (C=O) groups excluding carboxylic acids is 2. The average molecular weight is 430 g/mol. The molecule has 0 atom stereocenters. The van der Waals surface area contributed by atoms with Gasteiger partial charge in [-0.15, -0.1) is 5.10 Å². The molecule has 3 aliphatic rings. The van der Waals surface area contributed by atoms with E-state index in [0.717, 1.165) is 72.1 Å². The summed E-state index contributed by atoms with van der Waals surface area (Å²) in [6, 6.07) is 10.2. The maximum atomic E-state index is 12.8. The van der Waals surface area contributed by atoms with Crippen molar-refractivity contribution in [1.82, 2.24) is 19.9 Å². The Kier molecular flexibility index (Phi) is 4.35. The monoisotopic (exact) mass is 429 g/mol. The van der Waals surface area contributed by atoms with E-state index in [2.05, 4.69) is 39.6 Å². The molecule has 1 saturated heterocycles. The topological polar surface area (TPSA) is 80.1 Å². The number of hydrogen-bond donors (Lipinski definition) is 1. The van der Waals surface area contributed by atoms with Gasteiger partial charge < -0.3 is 10.2 Å². The van der Waals surface area contributed by atoms with Gasteiger partial charge in [-0.05, 0) is 48.8 Å². The van der Waals surface area contributed by atoms with Gasteiger partial charge in [0.2, 0.25) is 5.91 Å². The maximum absolute atomic E-state index is 12.8. The van der Waals surface area contributed by atoms with Crippen LogP contribution in [0.15, 0.2) is 36.5 Å². The second kappa shape index (κ2) is 7.15. The summed E-state index contributed by atoms with van der Waals surface area (Å²) >= 11 is 0. The van der Waals surface area contributed by atoms with Crippen LogP contribution in [0, 0.1) is 5.41 Å². The SMILES string of the molecule is CC1(C(=O)N2CCC(n3cc(Cc4ccc5c6c(cccc46)C(=O)N5)nn3)CC2)CCC1. The van der Waals surface area contributed by atoms with Crippen molar-refractivity contribution < 1.29 is 9.59 Å². The molecule has 1 aromatic heterocycles. The first-order valence-corrected chi connectivity index (χ1v) is 11.6. The maximum Gasteiger partial charge on any atom is 0.256 e.